The van der Waals surface area contributed by atoms with Crippen molar-refractivity contribution in [1.29, 1.82) is 0 Å². The van der Waals surface area contributed by atoms with Crippen molar-refractivity contribution in [2.24, 2.45) is 0 Å². The number of aliphatic hydroxyl groups excluding tert-OH is 1. The molecule has 0 aromatic rings. The molecule has 0 aliphatic heterocycles. The molecule has 0 aliphatic rings. The van der Waals surface area contributed by atoms with Crippen LogP contribution in [0.3, 0.4) is 0 Å². The van der Waals surface area contributed by atoms with Gasteiger partial charge in [0.15, 0.2) is 0 Å². The SMILES string of the molecule is OC(COCCBr)COCCBr. The van der Waals surface area contributed by atoms with Gasteiger partial charge in [-0.15, -0.1) is 0 Å². The normalized spacial score (nSPS) is 11.0. The molecule has 0 amide bonds. The highest BCUT2D eigenvalue weighted by Crippen LogP contribution is 1.90. The van der Waals surface area contributed by atoms with Crippen molar-refractivity contribution in [2.75, 3.05) is 37.1 Å². The molecular weight excluding hydrogens is 292 g/mol. The number of halogens is 2. The Morgan fingerprint density at radius 2 is 1.42 bits per heavy atom. The largest absolute Gasteiger partial charge is 0.388 e. The summed E-state index contributed by atoms with van der Waals surface area (Å²) < 4.78 is 10.2. The molecule has 0 fully saturated rings. The summed E-state index contributed by atoms with van der Waals surface area (Å²) in [6.07, 6.45) is -0.511. The molecule has 0 aliphatic carbocycles. The van der Waals surface area contributed by atoms with Gasteiger partial charge in [0.1, 0.15) is 6.10 Å². The van der Waals surface area contributed by atoms with Gasteiger partial charge in [0, 0.05) is 10.7 Å². The highest BCUT2D eigenvalue weighted by Gasteiger charge is 2.02. The number of hydrogen-bond acceptors (Lipinski definition) is 3. The lowest BCUT2D eigenvalue weighted by molar-refractivity contribution is -0.0117. The van der Waals surface area contributed by atoms with Crippen LogP contribution >= 0.6 is 31.9 Å². The Morgan fingerprint density at radius 1 is 1.00 bits per heavy atom. The smallest absolute Gasteiger partial charge is 0.101 e. The molecule has 0 rings (SSSR count). The lowest BCUT2D eigenvalue weighted by Crippen LogP contribution is -2.22. The first-order valence-corrected chi connectivity index (χ1v) is 6.01. The predicted molar refractivity (Wildman–Crippen MR) is 55.2 cm³/mol. The Kier molecular flexibility index (Phi) is 10.6. The summed E-state index contributed by atoms with van der Waals surface area (Å²) in [4.78, 5) is 0. The molecule has 0 radical (unpaired) electrons. The zero-order valence-electron chi connectivity index (χ0n) is 6.84. The molecule has 0 spiro atoms. The Bertz CT molecular complexity index is 82.7. The minimum absolute atomic E-state index is 0.341. The van der Waals surface area contributed by atoms with Gasteiger partial charge in [0.25, 0.3) is 0 Å². The van der Waals surface area contributed by atoms with Crippen molar-refractivity contribution in [3.63, 3.8) is 0 Å². The summed E-state index contributed by atoms with van der Waals surface area (Å²) in [5.41, 5.74) is 0. The van der Waals surface area contributed by atoms with Crippen molar-refractivity contribution in [2.45, 2.75) is 6.10 Å². The van der Waals surface area contributed by atoms with Crippen molar-refractivity contribution in [3.05, 3.63) is 0 Å². The van der Waals surface area contributed by atoms with E-state index in [9.17, 15) is 5.11 Å². The maximum Gasteiger partial charge on any atom is 0.101 e. The van der Waals surface area contributed by atoms with Gasteiger partial charge in [-0.25, -0.2) is 0 Å². The van der Waals surface area contributed by atoms with E-state index in [0.29, 0.717) is 26.4 Å². The molecule has 3 nitrogen and oxygen atoms in total. The average molecular weight is 306 g/mol. The van der Waals surface area contributed by atoms with Crippen molar-refractivity contribution in [3.8, 4) is 0 Å². The summed E-state index contributed by atoms with van der Waals surface area (Å²) in [6, 6.07) is 0. The zero-order valence-corrected chi connectivity index (χ0v) is 10.0. The summed E-state index contributed by atoms with van der Waals surface area (Å²) >= 11 is 6.44. The van der Waals surface area contributed by atoms with Crippen LogP contribution in [0.5, 0.6) is 0 Å². The highest BCUT2D eigenvalue weighted by molar-refractivity contribution is 9.09. The van der Waals surface area contributed by atoms with Crippen LogP contribution in [0, 0.1) is 0 Å². The number of aliphatic hydroxyl groups is 1. The molecule has 12 heavy (non-hydrogen) atoms. The van der Waals surface area contributed by atoms with Crippen LogP contribution in [0.25, 0.3) is 0 Å². The predicted octanol–water partition coefficient (Wildman–Crippen LogP) is 1.17. The Labute approximate surface area is 89.7 Å². The second-order valence-electron chi connectivity index (χ2n) is 2.18. The van der Waals surface area contributed by atoms with Gasteiger partial charge >= 0.3 is 0 Å². The van der Waals surface area contributed by atoms with E-state index in [4.69, 9.17) is 9.47 Å². The fourth-order valence-electron chi connectivity index (χ4n) is 0.596. The van der Waals surface area contributed by atoms with E-state index in [1.165, 1.54) is 0 Å². The topological polar surface area (TPSA) is 38.7 Å². The van der Waals surface area contributed by atoms with Gasteiger partial charge in [-0.2, -0.15) is 0 Å². The van der Waals surface area contributed by atoms with Gasteiger partial charge in [-0.1, -0.05) is 31.9 Å². The lowest BCUT2D eigenvalue weighted by Gasteiger charge is -2.10. The summed E-state index contributed by atoms with van der Waals surface area (Å²) in [5.74, 6) is 0. The highest BCUT2D eigenvalue weighted by atomic mass is 79.9. The van der Waals surface area contributed by atoms with E-state index < -0.39 is 6.10 Å². The molecule has 0 aromatic heterocycles. The second kappa shape index (κ2) is 9.92. The standard InChI is InChI=1S/C7H14Br2O3/c8-1-3-11-5-7(10)6-12-4-2-9/h7,10H,1-6H2. The van der Waals surface area contributed by atoms with E-state index in [1.807, 2.05) is 0 Å². The third kappa shape index (κ3) is 8.93. The summed E-state index contributed by atoms with van der Waals surface area (Å²) in [5, 5.41) is 10.8. The van der Waals surface area contributed by atoms with Gasteiger partial charge in [0.05, 0.1) is 26.4 Å². The maximum atomic E-state index is 9.22. The number of hydrogen-bond donors (Lipinski definition) is 1. The first-order chi connectivity index (χ1) is 5.81. The van der Waals surface area contributed by atoms with Crippen molar-refractivity contribution >= 4 is 31.9 Å². The molecular formula is C7H14Br2O3. The van der Waals surface area contributed by atoms with Crippen LogP contribution in [0.15, 0.2) is 0 Å². The Morgan fingerprint density at radius 3 is 1.75 bits per heavy atom. The van der Waals surface area contributed by atoms with Gasteiger partial charge in [-0.3, -0.25) is 0 Å². The second-order valence-corrected chi connectivity index (χ2v) is 3.77. The quantitative estimate of drug-likeness (QED) is 0.540. The first-order valence-electron chi connectivity index (χ1n) is 3.76. The Hall–Kier alpha value is 0.840. The lowest BCUT2D eigenvalue weighted by atomic mass is 10.4. The van der Waals surface area contributed by atoms with Crippen LogP contribution in [0.2, 0.25) is 0 Å². The van der Waals surface area contributed by atoms with E-state index >= 15 is 0 Å². The van der Waals surface area contributed by atoms with Crippen LogP contribution in [0.4, 0.5) is 0 Å². The first kappa shape index (κ1) is 12.8. The molecule has 5 heteroatoms. The van der Waals surface area contributed by atoms with E-state index in [2.05, 4.69) is 31.9 Å². The van der Waals surface area contributed by atoms with Gasteiger partial charge < -0.3 is 14.6 Å². The molecule has 74 valence electrons. The number of rotatable bonds is 8. The molecule has 0 atom stereocenters. The molecule has 0 unspecified atom stereocenters. The van der Waals surface area contributed by atoms with Gasteiger partial charge in [0.2, 0.25) is 0 Å². The fraction of sp³-hybridized carbons (Fsp3) is 1.00. The third-order valence-corrected chi connectivity index (χ3v) is 1.71. The number of ether oxygens (including phenoxy) is 2. The molecule has 0 saturated heterocycles. The van der Waals surface area contributed by atoms with Crippen molar-refractivity contribution < 1.29 is 14.6 Å². The van der Waals surface area contributed by atoms with Crippen LogP contribution in [0.1, 0.15) is 0 Å². The molecule has 0 aromatic carbocycles. The monoisotopic (exact) mass is 304 g/mol. The van der Waals surface area contributed by atoms with Crippen LogP contribution in [-0.4, -0.2) is 48.3 Å². The summed E-state index contributed by atoms with van der Waals surface area (Å²) in [6.45, 7) is 1.92. The van der Waals surface area contributed by atoms with Crippen LogP contribution < -0.4 is 0 Å². The Balaban J connectivity index is 3.04. The number of alkyl halides is 2. The molecule has 1 N–H and O–H groups in total. The fourth-order valence-corrected chi connectivity index (χ4v) is 1.05. The van der Waals surface area contributed by atoms with Crippen LogP contribution in [-0.2, 0) is 9.47 Å². The van der Waals surface area contributed by atoms with E-state index in [-0.39, 0.29) is 0 Å². The van der Waals surface area contributed by atoms with E-state index in [0.717, 1.165) is 10.7 Å². The minimum atomic E-state index is -0.511. The molecule has 0 bridgehead atoms. The minimum Gasteiger partial charge on any atom is -0.388 e. The van der Waals surface area contributed by atoms with E-state index in [1.54, 1.807) is 0 Å². The molecule has 0 saturated carbocycles. The average Bonchev–Trinajstić information content (AvgIpc) is 2.06. The summed E-state index contributed by atoms with van der Waals surface area (Å²) in [7, 11) is 0. The van der Waals surface area contributed by atoms with Crippen molar-refractivity contribution in [1.82, 2.24) is 0 Å². The maximum absolute atomic E-state index is 9.22. The van der Waals surface area contributed by atoms with Gasteiger partial charge in [-0.05, 0) is 0 Å². The third-order valence-electron chi connectivity index (χ3n) is 1.06. The zero-order chi connectivity index (χ0) is 9.23. The molecule has 0 heterocycles.